The van der Waals surface area contributed by atoms with Crippen molar-refractivity contribution in [2.24, 2.45) is 11.7 Å². The number of carbonyl (C=O) groups excluding carboxylic acids is 5. The van der Waals surface area contributed by atoms with Crippen LogP contribution in [-0.4, -0.2) is 215 Å². The van der Waals surface area contributed by atoms with Crippen LogP contribution in [0, 0.1) is 5.92 Å². The number of carboxylic acids is 2. The number of nitrogens with zero attached hydrogens (tertiary/aromatic N) is 3. The highest BCUT2D eigenvalue weighted by molar-refractivity contribution is 5.89. The Morgan fingerprint density at radius 2 is 1.48 bits per heavy atom. The fraction of sp³-hybridized carbons (Fsp3) is 0.764. The zero-order valence-electron chi connectivity index (χ0n) is 48.3. The summed E-state index contributed by atoms with van der Waals surface area (Å²) in [4.78, 5) is 122. The van der Waals surface area contributed by atoms with Crippen LogP contribution >= 0.6 is 0 Å². The van der Waals surface area contributed by atoms with Crippen molar-refractivity contribution in [2.45, 2.75) is 222 Å². The second kappa shape index (κ2) is 33.1. The van der Waals surface area contributed by atoms with Gasteiger partial charge in [0.05, 0.1) is 43.7 Å². The zero-order valence-corrected chi connectivity index (χ0v) is 48.3. The Labute approximate surface area is 481 Å². The number of carbonyl (C=O) groups is 7. The second-order valence-electron chi connectivity index (χ2n) is 21.5. The van der Waals surface area contributed by atoms with Gasteiger partial charge < -0.3 is 78.4 Å². The lowest BCUT2D eigenvalue weighted by atomic mass is 9.96. The number of rotatable bonds is 32. The van der Waals surface area contributed by atoms with Gasteiger partial charge in [-0.2, -0.15) is 0 Å². The summed E-state index contributed by atoms with van der Waals surface area (Å²) in [6, 6.07) is -2.21. The summed E-state index contributed by atoms with van der Waals surface area (Å²) in [5, 5.41) is 42.0. The molecule has 4 saturated heterocycles. The van der Waals surface area contributed by atoms with E-state index in [9.17, 15) is 58.5 Å². The van der Waals surface area contributed by atoms with Crippen molar-refractivity contribution in [1.82, 2.24) is 19.4 Å². The largest absolute Gasteiger partial charge is 0.481 e. The van der Waals surface area contributed by atoms with Crippen molar-refractivity contribution >= 4 is 41.7 Å². The standard InChI is InChI=1S/C55H85N5O23/c1-8-10-11-12-13-14-15-16-17-18-31(76-41(67)23-30(3)24-42(68)82-54-51(75-7)50(48(74-6)34(9-2)79-54)81-40(66)20-19-39(64)65)25-43(69)77-36-29-58(4)46(52(70)59(5)45(36)53(71)72)49(83-44-27-32(61)35(28-56)78-44)47-33(62)26-38(80-47)60-22-21-37(63)57-55(60)73/h14-15,21-22,30-36,38,44-51,54,61-62H,8-13,16-20,23-29,56H2,1-7H3,(H,64,65)(H,71,72)(H,57,63,73)/b15-14-/t30-,31+,32+,33+,34+,35-,36-,38-,44+,45+,46+,47+,48-,49-,50-,51-,54-/m1/s1. The first-order valence-corrected chi connectivity index (χ1v) is 28.4. The molecule has 1 aromatic heterocycles. The van der Waals surface area contributed by atoms with Crippen LogP contribution in [0.4, 0.5) is 0 Å². The number of aliphatic hydroxyl groups excluding tert-OH is 2. The number of likely N-dealkylation sites (N-methyl/N-ethyl adjacent to an activating group) is 2. The summed E-state index contributed by atoms with van der Waals surface area (Å²) >= 11 is 0. The van der Waals surface area contributed by atoms with E-state index in [0.29, 0.717) is 19.3 Å². The Kier molecular flexibility index (Phi) is 27.2. The number of carboxylic acid groups (broad SMARTS) is 2. The van der Waals surface area contributed by atoms with E-state index in [2.05, 4.69) is 18.0 Å². The van der Waals surface area contributed by atoms with Crippen LogP contribution in [0.5, 0.6) is 0 Å². The Morgan fingerprint density at radius 3 is 2.11 bits per heavy atom. The number of amides is 1. The molecule has 0 spiro atoms. The van der Waals surface area contributed by atoms with Gasteiger partial charge in [0.15, 0.2) is 24.5 Å². The Hall–Kier alpha value is -5.69. The van der Waals surface area contributed by atoms with E-state index in [1.54, 1.807) is 13.8 Å². The number of esters is 4. The molecule has 0 aromatic carbocycles. The van der Waals surface area contributed by atoms with E-state index in [1.165, 1.54) is 39.4 Å². The number of aromatic nitrogens is 2. The fourth-order valence-electron chi connectivity index (χ4n) is 10.8. The lowest BCUT2D eigenvalue weighted by molar-refractivity contribution is -0.299. The minimum absolute atomic E-state index is 0.0931. The minimum atomic E-state index is -1.80. The van der Waals surface area contributed by atoms with Gasteiger partial charge in [0.25, 0.3) is 5.56 Å². The van der Waals surface area contributed by atoms with E-state index >= 15 is 0 Å². The van der Waals surface area contributed by atoms with Crippen LogP contribution < -0.4 is 17.0 Å². The number of hydrogen-bond acceptors (Lipinski definition) is 23. The third-order valence-corrected chi connectivity index (χ3v) is 15.1. The van der Waals surface area contributed by atoms with Crippen molar-refractivity contribution < 1.29 is 101 Å². The first-order valence-electron chi connectivity index (χ1n) is 28.4. The van der Waals surface area contributed by atoms with Gasteiger partial charge in [-0.1, -0.05) is 52.2 Å². The number of aliphatic carboxylic acids is 2. The normalized spacial score (nSPS) is 29.7. The SMILES string of the molecule is CCCCCC/C=C\CCC[C@@H](CC(=O)O[C@@H]1CN(C)[C@@H]([C@@H](O[C@H]2C[C@H](O)[C@@H](CN)O2)[C@H]2O[C@@H](n3ccc(=O)[nH]c3=O)C[C@@H]2O)C(=O)N(C)[C@@H]1C(=O)O)OC(=O)C[C@@H](C)CC(=O)O[C@H]1O[C@@H](CC)[C@@H](OC)[C@@H](OC(=O)CCC(=O)O)[C@H]1OC. The van der Waals surface area contributed by atoms with Gasteiger partial charge in [0.1, 0.15) is 42.8 Å². The predicted octanol–water partition coefficient (Wildman–Crippen LogP) is 1.04. The molecule has 28 heteroatoms. The molecule has 1 amide bonds. The number of aliphatic hydroxyl groups is 2. The van der Waals surface area contributed by atoms with Crippen LogP contribution in [0.3, 0.4) is 0 Å². The summed E-state index contributed by atoms with van der Waals surface area (Å²) < 4.78 is 59.8. The topological polar surface area (TPSA) is 380 Å². The van der Waals surface area contributed by atoms with E-state index in [4.69, 9.17) is 58.2 Å². The van der Waals surface area contributed by atoms with Crippen molar-refractivity contribution in [1.29, 1.82) is 0 Å². The molecule has 17 atom stereocenters. The van der Waals surface area contributed by atoms with Crippen molar-refractivity contribution in [3.8, 4) is 0 Å². The minimum Gasteiger partial charge on any atom is -0.481 e. The molecular formula is C55H85N5O23. The third-order valence-electron chi connectivity index (χ3n) is 15.1. The molecular weight excluding hydrogens is 1100 g/mol. The van der Waals surface area contributed by atoms with Gasteiger partial charge in [0, 0.05) is 72.3 Å². The molecule has 0 radical (unpaired) electrons. The summed E-state index contributed by atoms with van der Waals surface area (Å²) in [5.74, 6) is -7.72. The highest BCUT2D eigenvalue weighted by Gasteiger charge is 2.54. The number of nitrogens with one attached hydrogen (secondary N) is 1. The summed E-state index contributed by atoms with van der Waals surface area (Å²) in [7, 11) is 5.28. The molecule has 0 saturated carbocycles. The summed E-state index contributed by atoms with van der Waals surface area (Å²) in [6.07, 6.45) is -7.12. The number of H-pyrrole nitrogens is 1. The van der Waals surface area contributed by atoms with Crippen molar-refractivity contribution in [3.05, 3.63) is 45.3 Å². The maximum absolute atomic E-state index is 14.7. The van der Waals surface area contributed by atoms with Gasteiger partial charge in [-0.3, -0.25) is 48.0 Å². The molecule has 0 aliphatic carbocycles. The Morgan fingerprint density at radius 1 is 0.795 bits per heavy atom. The molecule has 5 heterocycles. The average Bonchev–Trinajstić information content (AvgIpc) is 3.23. The zero-order chi connectivity index (χ0) is 61.1. The number of hydrogen-bond donors (Lipinski definition) is 6. The predicted molar refractivity (Wildman–Crippen MR) is 288 cm³/mol. The van der Waals surface area contributed by atoms with Crippen molar-refractivity contribution in [2.75, 3.05) is 41.4 Å². The summed E-state index contributed by atoms with van der Waals surface area (Å²) in [6.45, 7) is 4.98. The molecule has 1 aromatic rings. The van der Waals surface area contributed by atoms with E-state index < -0.39 is 183 Å². The molecule has 4 fully saturated rings. The van der Waals surface area contributed by atoms with Crippen LogP contribution in [0.2, 0.25) is 0 Å². The van der Waals surface area contributed by atoms with Gasteiger partial charge in [-0.05, 0) is 51.5 Å². The van der Waals surface area contributed by atoms with Gasteiger partial charge in [-0.25, -0.2) is 9.59 Å². The molecule has 7 N–H and O–H groups in total. The Balaban J connectivity index is 1.31. The highest BCUT2D eigenvalue weighted by atomic mass is 16.7. The van der Waals surface area contributed by atoms with Gasteiger partial charge >= 0.3 is 41.5 Å². The van der Waals surface area contributed by atoms with Crippen LogP contribution in [0.15, 0.2) is 34.0 Å². The molecule has 28 nitrogen and oxygen atoms in total. The first-order chi connectivity index (χ1) is 39.5. The number of unbranched alkanes of at least 4 members (excludes halogenated alkanes) is 5. The molecule has 5 rings (SSSR count). The smallest absolute Gasteiger partial charge is 0.330 e. The van der Waals surface area contributed by atoms with Crippen LogP contribution in [0.25, 0.3) is 0 Å². The number of aromatic amines is 1. The highest BCUT2D eigenvalue weighted by Crippen LogP contribution is 2.37. The van der Waals surface area contributed by atoms with Gasteiger partial charge in [0.2, 0.25) is 12.2 Å². The molecule has 0 bridgehead atoms. The first kappa shape index (κ1) is 68.1. The van der Waals surface area contributed by atoms with Crippen LogP contribution in [0.1, 0.15) is 130 Å². The molecule has 468 valence electrons. The molecule has 83 heavy (non-hydrogen) atoms. The third kappa shape index (κ3) is 19.4. The monoisotopic (exact) mass is 1180 g/mol. The van der Waals surface area contributed by atoms with E-state index in [-0.39, 0.29) is 38.6 Å². The number of methoxy groups -OCH3 is 2. The maximum atomic E-state index is 14.7. The van der Waals surface area contributed by atoms with Crippen molar-refractivity contribution in [3.63, 3.8) is 0 Å². The van der Waals surface area contributed by atoms with E-state index in [1.807, 2.05) is 6.08 Å². The number of allylic oxidation sites excluding steroid dienone is 2. The van der Waals surface area contributed by atoms with Gasteiger partial charge in [-0.15, -0.1) is 0 Å². The maximum Gasteiger partial charge on any atom is 0.330 e. The number of ether oxygens (including phenoxy) is 10. The molecule has 4 aliphatic rings. The lowest BCUT2D eigenvalue weighted by Crippen LogP contribution is -2.61. The lowest BCUT2D eigenvalue weighted by Gasteiger charge is -2.44. The fourth-order valence-corrected chi connectivity index (χ4v) is 10.8. The quantitative estimate of drug-likeness (QED) is 0.0254. The number of nitrogens with two attached hydrogens (primary N) is 1. The van der Waals surface area contributed by atoms with Crippen LogP contribution in [-0.2, 0) is 80.9 Å². The second-order valence-corrected chi connectivity index (χ2v) is 21.5. The molecule has 4 aliphatic heterocycles. The summed E-state index contributed by atoms with van der Waals surface area (Å²) in [5.41, 5.74) is 4.28. The molecule has 0 unspecified atom stereocenters. The van der Waals surface area contributed by atoms with E-state index in [0.717, 1.165) is 47.6 Å². The Bertz CT molecular complexity index is 2460. The average molecular weight is 1180 g/mol.